The van der Waals surface area contributed by atoms with Crippen molar-refractivity contribution < 1.29 is 19.7 Å². The van der Waals surface area contributed by atoms with Crippen LogP contribution in [0.3, 0.4) is 0 Å². The van der Waals surface area contributed by atoms with Crippen LogP contribution in [0.15, 0.2) is 18.2 Å². The van der Waals surface area contributed by atoms with Crippen LogP contribution in [-0.2, 0) is 0 Å². The summed E-state index contributed by atoms with van der Waals surface area (Å²) in [6, 6.07) is 5.75. The normalized spacial score (nSPS) is 11.9. The van der Waals surface area contributed by atoms with Crippen molar-refractivity contribution in [2.75, 3.05) is 13.2 Å². The van der Waals surface area contributed by atoms with Crippen LogP contribution in [0.25, 0.3) is 0 Å². The second-order valence-corrected chi connectivity index (χ2v) is 3.97. The van der Waals surface area contributed by atoms with Gasteiger partial charge in [-0.2, -0.15) is 0 Å². The lowest BCUT2D eigenvalue weighted by Crippen LogP contribution is -2.34. The molecule has 5 heteroatoms. The molecule has 1 amide bonds. The van der Waals surface area contributed by atoms with E-state index in [2.05, 4.69) is 5.32 Å². The van der Waals surface area contributed by atoms with Crippen LogP contribution in [0, 0.1) is 13.8 Å². The number of rotatable bonds is 5. The second kappa shape index (κ2) is 6.10. The van der Waals surface area contributed by atoms with Gasteiger partial charge in [0.1, 0.15) is 18.5 Å². The molecule has 0 saturated carbocycles. The van der Waals surface area contributed by atoms with Crippen LogP contribution in [0.4, 0.5) is 4.79 Å². The summed E-state index contributed by atoms with van der Waals surface area (Å²) >= 11 is 0. The summed E-state index contributed by atoms with van der Waals surface area (Å²) in [6.45, 7) is 3.94. The molecule has 94 valence electrons. The van der Waals surface area contributed by atoms with Crippen LogP contribution in [0.1, 0.15) is 11.1 Å². The van der Waals surface area contributed by atoms with E-state index < -0.39 is 12.2 Å². The molecule has 0 fully saturated rings. The summed E-state index contributed by atoms with van der Waals surface area (Å²) in [4.78, 5) is 10.2. The lowest BCUT2D eigenvalue weighted by molar-refractivity contribution is 0.104. The molecule has 0 aliphatic heterocycles. The highest BCUT2D eigenvalue weighted by Gasteiger charge is 2.07. The Labute approximate surface area is 100 Å². The van der Waals surface area contributed by atoms with Crippen LogP contribution >= 0.6 is 0 Å². The third-order valence-electron chi connectivity index (χ3n) is 2.13. The summed E-state index contributed by atoms with van der Waals surface area (Å²) in [6.07, 6.45) is -2.01. The largest absolute Gasteiger partial charge is 0.491 e. The maximum atomic E-state index is 10.2. The van der Waals surface area contributed by atoms with E-state index >= 15 is 0 Å². The molecule has 1 aromatic rings. The molecule has 1 atom stereocenters. The second-order valence-electron chi connectivity index (χ2n) is 3.97. The van der Waals surface area contributed by atoms with Crippen LogP contribution < -0.4 is 10.1 Å². The zero-order valence-corrected chi connectivity index (χ0v) is 9.93. The molecule has 0 aromatic heterocycles. The first-order valence-corrected chi connectivity index (χ1v) is 5.33. The molecule has 5 nitrogen and oxygen atoms in total. The number of hydrogen-bond donors (Lipinski definition) is 3. The first kappa shape index (κ1) is 13.3. The standard InChI is InChI=1S/C12H17NO4/c1-8-3-9(2)5-11(4-8)17-7-10(14)6-13-12(15)16/h3-5,10,13-14H,6-7H2,1-2H3,(H,15,16). The predicted molar refractivity (Wildman–Crippen MR) is 63.4 cm³/mol. The fraction of sp³-hybridized carbons (Fsp3) is 0.417. The van der Waals surface area contributed by atoms with Gasteiger partial charge in [0.15, 0.2) is 0 Å². The van der Waals surface area contributed by atoms with E-state index in [0.717, 1.165) is 11.1 Å². The van der Waals surface area contributed by atoms with Crippen molar-refractivity contribution in [1.82, 2.24) is 5.32 Å². The molecule has 17 heavy (non-hydrogen) atoms. The fourth-order valence-electron chi connectivity index (χ4n) is 1.47. The lowest BCUT2D eigenvalue weighted by atomic mass is 10.1. The smallest absolute Gasteiger partial charge is 0.404 e. The molecule has 0 aliphatic rings. The summed E-state index contributed by atoms with van der Waals surface area (Å²) in [5, 5.41) is 19.9. The van der Waals surface area contributed by atoms with Gasteiger partial charge in [-0.3, -0.25) is 0 Å². The molecular formula is C12H17NO4. The third kappa shape index (κ3) is 5.21. The molecule has 1 aromatic carbocycles. The minimum Gasteiger partial charge on any atom is -0.491 e. The highest BCUT2D eigenvalue weighted by atomic mass is 16.5. The van der Waals surface area contributed by atoms with Gasteiger partial charge in [0.05, 0.1) is 6.54 Å². The Morgan fingerprint density at radius 3 is 2.47 bits per heavy atom. The number of aryl methyl sites for hydroxylation is 2. The zero-order valence-electron chi connectivity index (χ0n) is 9.93. The number of benzene rings is 1. The van der Waals surface area contributed by atoms with E-state index in [0.29, 0.717) is 5.75 Å². The minimum atomic E-state index is -1.16. The van der Waals surface area contributed by atoms with Crippen molar-refractivity contribution in [1.29, 1.82) is 0 Å². The van der Waals surface area contributed by atoms with Gasteiger partial charge < -0.3 is 20.3 Å². The van der Waals surface area contributed by atoms with Crippen molar-refractivity contribution in [2.45, 2.75) is 20.0 Å². The molecule has 0 aliphatic carbocycles. The van der Waals surface area contributed by atoms with Crippen molar-refractivity contribution >= 4 is 6.09 Å². The number of carboxylic acid groups (broad SMARTS) is 1. The van der Waals surface area contributed by atoms with Gasteiger partial charge in [0.2, 0.25) is 0 Å². The van der Waals surface area contributed by atoms with Gasteiger partial charge in [-0.1, -0.05) is 6.07 Å². The number of amides is 1. The molecule has 3 N–H and O–H groups in total. The first-order valence-electron chi connectivity index (χ1n) is 5.33. The van der Waals surface area contributed by atoms with E-state index in [9.17, 15) is 9.90 Å². The van der Waals surface area contributed by atoms with E-state index in [4.69, 9.17) is 9.84 Å². The minimum absolute atomic E-state index is 0.0415. The Morgan fingerprint density at radius 1 is 1.35 bits per heavy atom. The molecule has 0 spiro atoms. The number of aliphatic hydroxyl groups excluding tert-OH is 1. The number of aliphatic hydroxyl groups is 1. The van der Waals surface area contributed by atoms with Crippen LogP contribution in [-0.4, -0.2) is 35.6 Å². The van der Waals surface area contributed by atoms with E-state index in [-0.39, 0.29) is 13.2 Å². The van der Waals surface area contributed by atoms with E-state index in [1.807, 2.05) is 32.0 Å². The Balaban J connectivity index is 2.41. The number of carbonyl (C=O) groups is 1. The van der Waals surface area contributed by atoms with Gasteiger partial charge in [0, 0.05) is 0 Å². The first-order chi connectivity index (χ1) is 7.97. The average molecular weight is 239 g/mol. The van der Waals surface area contributed by atoms with Crippen LogP contribution in [0.2, 0.25) is 0 Å². The lowest BCUT2D eigenvalue weighted by Gasteiger charge is -2.13. The zero-order chi connectivity index (χ0) is 12.8. The van der Waals surface area contributed by atoms with Gasteiger partial charge in [-0.05, 0) is 37.1 Å². The van der Waals surface area contributed by atoms with E-state index in [1.165, 1.54) is 0 Å². The monoisotopic (exact) mass is 239 g/mol. The number of ether oxygens (including phenoxy) is 1. The Bertz CT molecular complexity index is 372. The highest BCUT2D eigenvalue weighted by molar-refractivity contribution is 5.64. The maximum Gasteiger partial charge on any atom is 0.404 e. The SMILES string of the molecule is Cc1cc(C)cc(OCC(O)CNC(=O)O)c1. The van der Waals surface area contributed by atoms with Crippen LogP contribution in [0.5, 0.6) is 5.75 Å². The number of nitrogens with one attached hydrogen (secondary N) is 1. The van der Waals surface area contributed by atoms with Gasteiger partial charge in [0.25, 0.3) is 0 Å². The van der Waals surface area contributed by atoms with Gasteiger partial charge >= 0.3 is 6.09 Å². The van der Waals surface area contributed by atoms with E-state index in [1.54, 1.807) is 0 Å². The maximum absolute atomic E-state index is 10.2. The Hall–Kier alpha value is -1.75. The quantitative estimate of drug-likeness (QED) is 0.724. The Kier molecular flexibility index (Phi) is 4.78. The third-order valence-corrected chi connectivity index (χ3v) is 2.13. The van der Waals surface area contributed by atoms with Crippen molar-refractivity contribution in [3.05, 3.63) is 29.3 Å². The molecular weight excluding hydrogens is 222 g/mol. The Morgan fingerprint density at radius 2 is 1.94 bits per heavy atom. The summed E-state index contributed by atoms with van der Waals surface area (Å²) in [7, 11) is 0. The molecule has 1 rings (SSSR count). The molecule has 0 saturated heterocycles. The summed E-state index contributed by atoms with van der Waals surface area (Å²) in [5.41, 5.74) is 2.16. The molecule has 0 radical (unpaired) electrons. The average Bonchev–Trinajstić information content (AvgIpc) is 2.22. The summed E-state index contributed by atoms with van der Waals surface area (Å²) in [5.74, 6) is 0.678. The number of hydrogen-bond acceptors (Lipinski definition) is 3. The topological polar surface area (TPSA) is 78.8 Å². The summed E-state index contributed by atoms with van der Waals surface area (Å²) < 4.78 is 5.38. The molecule has 0 heterocycles. The van der Waals surface area contributed by atoms with Gasteiger partial charge in [-0.15, -0.1) is 0 Å². The van der Waals surface area contributed by atoms with Crippen molar-refractivity contribution in [2.24, 2.45) is 0 Å². The highest BCUT2D eigenvalue weighted by Crippen LogP contribution is 2.16. The molecule has 1 unspecified atom stereocenters. The van der Waals surface area contributed by atoms with Gasteiger partial charge in [-0.25, -0.2) is 4.79 Å². The van der Waals surface area contributed by atoms with Crippen molar-refractivity contribution in [3.63, 3.8) is 0 Å². The molecule has 0 bridgehead atoms. The fourth-order valence-corrected chi connectivity index (χ4v) is 1.47. The predicted octanol–water partition coefficient (Wildman–Crippen LogP) is 1.31. The van der Waals surface area contributed by atoms with Crippen molar-refractivity contribution in [3.8, 4) is 5.75 Å².